The highest BCUT2D eigenvalue weighted by molar-refractivity contribution is 7.99. The van der Waals surface area contributed by atoms with Gasteiger partial charge in [0.1, 0.15) is 0 Å². The molecule has 1 aromatic carbocycles. The first-order valence-corrected chi connectivity index (χ1v) is 6.78. The normalized spacial score (nSPS) is 12.5. The van der Waals surface area contributed by atoms with Gasteiger partial charge in [0.15, 0.2) is 0 Å². The van der Waals surface area contributed by atoms with E-state index in [9.17, 15) is 0 Å². The molecule has 0 spiro atoms. The van der Waals surface area contributed by atoms with E-state index in [4.69, 9.17) is 4.42 Å². The maximum absolute atomic E-state index is 5.07. The summed E-state index contributed by atoms with van der Waals surface area (Å²) in [6.45, 7) is 3.14. The quantitative estimate of drug-likeness (QED) is 0.622. The Balaban J connectivity index is 1.67. The molecule has 0 radical (unpaired) electrons. The number of rotatable bonds is 6. The van der Waals surface area contributed by atoms with Gasteiger partial charge in [-0.15, -0.1) is 11.8 Å². The Labute approximate surface area is 106 Å². The van der Waals surface area contributed by atoms with E-state index in [1.807, 2.05) is 23.9 Å². The zero-order valence-electron chi connectivity index (χ0n) is 9.93. The molecule has 0 aliphatic heterocycles. The lowest BCUT2D eigenvalue weighted by Crippen LogP contribution is -2.20. The molecule has 1 atom stereocenters. The van der Waals surface area contributed by atoms with Crippen molar-refractivity contribution in [1.82, 2.24) is 5.32 Å². The lowest BCUT2D eigenvalue weighted by Gasteiger charge is -2.11. The SMILES string of the molecule is CC(NCCSc1ccccc1)c1ccoc1. The molecule has 0 saturated heterocycles. The molecule has 1 unspecified atom stereocenters. The Morgan fingerprint density at radius 2 is 2.06 bits per heavy atom. The lowest BCUT2D eigenvalue weighted by molar-refractivity contribution is 0.546. The van der Waals surface area contributed by atoms with Gasteiger partial charge in [0, 0.05) is 28.8 Å². The van der Waals surface area contributed by atoms with Crippen LogP contribution in [0.2, 0.25) is 0 Å². The molecular formula is C14H17NOS. The third kappa shape index (κ3) is 3.95. The molecule has 0 fully saturated rings. The van der Waals surface area contributed by atoms with Crippen LogP contribution in [0, 0.1) is 0 Å². The standard InChI is InChI=1S/C14H17NOS/c1-12(13-7-9-16-11-13)15-8-10-17-14-5-3-2-4-6-14/h2-7,9,11-12,15H,8,10H2,1H3. The summed E-state index contributed by atoms with van der Waals surface area (Å²) in [5, 5.41) is 3.47. The molecule has 0 saturated carbocycles. The van der Waals surface area contributed by atoms with Crippen LogP contribution in [-0.4, -0.2) is 12.3 Å². The average Bonchev–Trinajstić information content (AvgIpc) is 2.89. The average molecular weight is 247 g/mol. The highest BCUT2D eigenvalue weighted by atomic mass is 32.2. The van der Waals surface area contributed by atoms with Crippen LogP contribution < -0.4 is 5.32 Å². The predicted octanol–water partition coefficient (Wildman–Crippen LogP) is 3.72. The zero-order valence-corrected chi connectivity index (χ0v) is 10.7. The topological polar surface area (TPSA) is 25.2 Å². The van der Waals surface area contributed by atoms with Gasteiger partial charge in [-0.25, -0.2) is 0 Å². The maximum Gasteiger partial charge on any atom is 0.0950 e. The van der Waals surface area contributed by atoms with Crippen LogP contribution in [0.5, 0.6) is 0 Å². The monoisotopic (exact) mass is 247 g/mol. The number of nitrogens with one attached hydrogen (secondary N) is 1. The first-order valence-electron chi connectivity index (χ1n) is 5.79. The third-order valence-electron chi connectivity index (χ3n) is 2.61. The molecule has 0 aliphatic carbocycles. The molecule has 0 bridgehead atoms. The van der Waals surface area contributed by atoms with E-state index in [-0.39, 0.29) is 0 Å². The van der Waals surface area contributed by atoms with Crippen molar-refractivity contribution in [3.05, 3.63) is 54.5 Å². The predicted molar refractivity (Wildman–Crippen MR) is 72.3 cm³/mol. The largest absolute Gasteiger partial charge is 0.472 e. The second-order valence-electron chi connectivity index (χ2n) is 3.89. The van der Waals surface area contributed by atoms with Gasteiger partial charge in [-0.2, -0.15) is 0 Å². The first kappa shape index (κ1) is 12.3. The molecule has 90 valence electrons. The van der Waals surface area contributed by atoms with Crippen molar-refractivity contribution >= 4 is 11.8 Å². The Morgan fingerprint density at radius 1 is 1.24 bits per heavy atom. The number of furan rings is 1. The van der Waals surface area contributed by atoms with Crippen molar-refractivity contribution in [3.8, 4) is 0 Å². The Bertz CT molecular complexity index is 413. The van der Waals surface area contributed by atoms with Crippen molar-refractivity contribution in [2.45, 2.75) is 17.9 Å². The summed E-state index contributed by atoms with van der Waals surface area (Å²) < 4.78 is 5.07. The second-order valence-corrected chi connectivity index (χ2v) is 5.06. The van der Waals surface area contributed by atoms with E-state index < -0.39 is 0 Å². The molecule has 3 heteroatoms. The van der Waals surface area contributed by atoms with E-state index in [0.29, 0.717) is 6.04 Å². The van der Waals surface area contributed by atoms with Crippen LogP contribution >= 0.6 is 11.8 Å². The summed E-state index contributed by atoms with van der Waals surface area (Å²) in [6.07, 6.45) is 3.51. The maximum atomic E-state index is 5.07. The van der Waals surface area contributed by atoms with E-state index in [1.165, 1.54) is 10.5 Å². The van der Waals surface area contributed by atoms with Crippen LogP contribution in [0.15, 0.2) is 58.2 Å². The molecule has 2 aromatic rings. The van der Waals surface area contributed by atoms with Crippen LogP contribution in [0.3, 0.4) is 0 Å². The molecular weight excluding hydrogens is 230 g/mol. The summed E-state index contributed by atoms with van der Waals surface area (Å²) in [5.74, 6) is 1.08. The van der Waals surface area contributed by atoms with Crippen molar-refractivity contribution in [3.63, 3.8) is 0 Å². The Kier molecular flexibility index (Phi) is 4.71. The summed E-state index contributed by atoms with van der Waals surface area (Å²) >= 11 is 1.87. The summed E-state index contributed by atoms with van der Waals surface area (Å²) in [5.41, 5.74) is 1.20. The van der Waals surface area contributed by atoms with Crippen molar-refractivity contribution in [1.29, 1.82) is 0 Å². The number of hydrogen-bond donors (Lipinski definition) is 1. The summed E-state index contributed by atoms with van der Waals surface area (Å²) in [7, 11) is 0. The molecule has 1 N–H and O–H groups in total. The van der Waals surface area contributed by atoms with Crippen LogP contribution in [0.1, 0.15) is 18.5 Å². The van der Waals surface area contributed by atoms with Gasteiger partial charge in [-0.3, -0.25) is 0 Å². The fourth-order valence-corrected chi connectivity index (χ4v) is 2.41. The fourth-order valence-electron chi connectivity index (χ4n) is 1.60. The minimum absolute atomic E-state index is 0.352. The number of thioether (sulfide) groups is 1. The van der Waals surface area contributed by atoms with Gasteiger partial charge in [0.05, 0.1) is 12.5 Å². The smallest absolute Gasteiger partial charge is 0.0950 e. The van der Waals surface area contributed by atoms with Gasteiger partial charge >= 0.3 is 0 Å². The van der Waals surface area contributed by atoms with Crippen molar-refractivity contribution in [2.75, 3.05) is 12.3 Å². The van der Waals surface area contributed by atoms with Crippen molar-refractivity contribution < 1.29 is 4.42 Å². The minimum Gasteiger partial charge on any atom is -0.472 e. The van der Waals surface area contributed by atoms with E-state index >= 15 is 0 Å². The van der Waals surface area contributed by atoms with Gasteiger partial charge in [-0.1, -0.05) is 18.2 Å². The van der Waals surface area contributed by atoms with Crippen molar-refractivity contribution in [2.24, 2.45) is 0 Å². The molecule has 1 aromatic heterocycles. The molecule has 2 nitrogen and oxygen atoms in total. The molecule has 1 heterocycles. The second kappa shape index (κ2) is 6.52. The number of hydrogen-bond acceptors (Lipinski definition) is 3. The van der Waals surface area contributed by atoms with E-state index in [1.54, 1.807) is 12.5 Å². The minimum atomic E-state index is 0.352. The van der Waals surface area contributed by atoms with Gasteiger partial charge in [0.2, 0.25) is 0 Å². The van der Waals surface area contributed by atoms with Gasteiger partial charge in [0.25, 0.3) is 0 Å². The zero-order chi connectivity index (χ0) is 11.9. The van der Waals surface area contributed by atoms with Crippen LogP contribution in [0.4, 0.5) is 0 Å². The van der Waals surface area contributed by atoms with Crippen LogP contribution in [-0.2, 0) is 0 Å². The summed E-state index contributed by atoms with van der Waals surface area (Å²) in [4.78, 5) is 1.32. The van der Waals surface area contributed by atoms with Gasteiger partial charge in [-0.05, 0) is 25.1 Å². The Morgan fingerprint density at radius 3 is 2.76 bits per heavy atom. The molecule has 17 heavy (non-hydrogen) atoms. The third-order valence-corrected chi connectivity index (χ3v) is 3.62. The molecule has 0 aliphatic rings. The fraction of sp³-hybridized carbons (Fsp3) is 0.286. The number of benzene rings is 1. The molecule has 2 rings (SSSR count). The van der Waals surface area contributed by atoms with E-state index in [0.717, 1.165) is 12.3 Å². The first-order chi connectivity index (χ1) is 8.36. The Hall–Kier alpha value is -1.19. The van der Waals surface area contributed by atoms with Crippen LogP contribution in [0.25, 0.3) is 0 Å². The summed E-state index contributed by atoms with van der Waals surface area (Å²) in [6, 6.07) is 12.8. The molecule has 0 amide bonds. The van der Waals surface area contributed by atoms with E-state index in [2.05, 4.69) is 36.5 Å². The lowest BCUT2D eigenvalue weighted by atomic mass is 10.2. The van der Waals surface area contributed by atoms with Gasteiger partial charge < -0.3 is 9.73 Å². The highest BCUT2D eigenvalue weighted by Gasteiger charge is 2.04. The highest BCUT2D eigenvalue weighted by Crippen LogP contribution is 2.17.